The summed E-state index contributed by atoms with van der Waals surface area (Å²) < 4.78 is 93.7. The molecule has 4 rings (SSSR count). The molecule has 0 bridgehead atoms. The van der Waals surface area contributed by atoms with E-state index in [0.717, 1.165) is 6.26 Å². The highest BCUT2D eigenvalue weighted by atomic mass is 32.3. The van der Waals surface area contributed by atoms with Gasteiger partial charge in [-0.05, 0) is 57.8 Å². The average molecular weight is 489 g/mol. The molecule has 0 amide bonds. The molecule has 3 aromatic carbocycles. The van der Waals surface area contributed by atoms with Crippen molar-refractivity contribution in [2.75, 3.05) is 6.26 Å². The minimum absolute atomic E-state index is 0.0389. The lowest BCUT2D eigenvalue weighted by atomic mass is 10.1. The van der Waals surface area contributed by atoms with Crippen LogP contribution in [0, 0.1) is 0 Å². The normalized spacial score (nSPS) is 20.5. The Labute approximate surface area is 179 Å². The Kier molecular flexibility index (Phi) is 5.00. The predicted octanol–water partition coefficient (Wildman–Crippen LogP) is 5.13. The van der Waals surface area contributed by atoms with Crippen molar-refractivity contribution < 1.29 is 33.6 Å². The molecule has 1 heterocycles. The fraction of sp³-hybridized carbons (Fsp3) is 0.100. The highest BCUT2D eigenvalue weighted by Crippen LogP contribution is 2.77. The van der Waals surface area contributed by atoms with E-state index in [2.05, 4.69) is 0 Å². The van der Waals surface area contributed by atoms with Crippen LogP contribution in [-0.2, 0) is 23.6 Å². The maximum absolute atomic E-state index is 13.4. The fourth-order valence-corrected chi connectivity index (χ4v) is 9.12. The van der Waals surface area contributed by atoms with Crippen molar-refractivity contribution >= 4 is 30.3 Å². The second-order valence-corrected chi connectivity index (χ2v) is 13.2. The summed E-state index contributed by atoms with van der Waals surface area (Å²) >= 11 is 0. The molecule has 0 aromatic heterocycles. The Morgan fingerprint density at radius 1 is 0.774 bits per heavy atom. The topological polar surface area (TPSA) is 77.5 Å². The SMILES string of the molecule is CS(=O)(=O)c1ccc2c(c1)-c1ccccc1S2(OS(=O)(=O)C(F)(F)F)c1ccccc1. The van der Waals surface area contributed by atoms with Crippen LogP contribution in [0.2, 0.25) is 0 Å². The van der Waals surface area contributed by atoms with Crippen molar-refractivity contribution in [3.05, 3.63) is 72.8 Å². The van der Waals surface area contributed by atoms with Crippen molar-refractivity contribution in [2.24, 2.45) is 0 Å². The van der Waals surface area contributed by atoms with Gasteiger partial charge in [-0.15, -0.1) is 0 Å². The highest BCUT2D eigenvalue weighted by Gasteiger charge is 2.54. The molecule has 0 radical (unpaired) electrons. The zero-order valence-electron chi connectivity index (χ0n) is 15.8. The first-order chi connectivity index (χ1) is 14.4. The van der Waals surface area contributed by atoms with Gasteiger partial charge in [0, 0.05) is 20.9 Å². The van der Waals surface area contributed by atoms with Crippen molar-refractivity contribution in [3.8, 4) is 11.1 Å². The molecule has 0 fully saturated rings. The molecule has 31 heavy (non-hydrogen) atoms. The second kappa shape index (κ2) is 7.09. The summed E-state index contributed by atoms with van der Waals surface area (Å²) in [7, 11) is -13.0. The Balaban J connectivity index is 2.12. The van der Waals surface area contributed by atoms with Crippen molar-refractivity contribution in [3.63, 3.8) is 0 Å². The first-order valence-corrected chi connectivity index (χ1v) is 13.6. The standard InChI is InChI=1S/C20H15F3O5S3/c1-29(24,25)15-11-12-19-17(13-15)16-9-5-6-10-18(16)30(19,14-7-3-2-4-8-14)28-31(26,27)20(21,22)23/h2-13H,1H3. The molecule has 0 saturated heterocycles. The summed E-state index contributed by atoms with van der Waals surface area (Å²) in [6.07, 6.45) is 1.01. The number of rotatable bonds is 4. The van der Waals surface area contributed by atoms with Gasteiger partial charge in [-0.3, -0.25) is 0 Å². The van der Waals surface area contributed by atoms with Gasteiger partial charge in [0.05, 0.1) is 4.90 Å². The van der Waals surface area contributed by atoms with Gasteiger partial charge in [0.1, 0.15) is 0 Å². The molecule has 1 unspecified atom stereocenters. The minimum atomic E-state index is -5.99. The third-order valence-electron chi connectivity index (χ3n) is 4.73. The van der Waals surface area contributed by atoms with Crippen LogP contribution in [0.1, 0.15) is 0 Å². The zero-order chi connectivity index (χ0) is 22.7. The lowest BCUT2D eigenvalue weighted by molar-refractivity contribution is -0.0496. The molecule has 3 aromatic rings. The van der Waals surface area contributed by atoms with E-state index in [1.807, 2.05) is 0 Å². The van der Waals surface area contributed by atoms with Gasteiger partial charge < -0.3 is 0 Å². The Morgan fingerprint density at radius 3 is 1.97 bits per heavy atom. The van der Waals surface area contributed by atoms with E-state index in [1.54, 1.807) is 36.4 Å². The fourth-order valence-electron chi connectivity index (χ4n) is 3.41. The Morgan fingerprint density at radius 2 is 1.35 bits per heavy atom. The van der Waals surface area contributed by atoms with E-state index in [0.29, 0.717) is 11.1 Å². The van der Waals surface area contributed by atoms with Gasteiger partial charge >= 0.3 is 15.6 Å². The maximum Gasteiger partial charge on any atom is 0.524 e. The first-order valence-electron chi connectivity index (χ1n) is 8.72. The van der Waals surface area contributed by atoms with Gasteiger partial charge in [-0.25, -0.2) is 8.42 Å². The van der Waals surface area contributed by atoms with E-state index in [-0.39, 0.29) is 19.6 Å². The zero-order valence-corrected chi connectivity index (χ0v) is 18.3. The van der Waals surface area contributed by atoms with E-state index in [9.17, 15) is 30.0 Å². The summed E-state index contributed by atoms with van der Waals surface area (Å²) in [5.41, 5.74) is -4.90. The molecule has 1 aliphatic rings. The summed E-state index contributed by atoms with van der Waals surface area (Å²) in [4.78, 5) is 0.624. The number of benzene rings is 3. The molecule has 5 nitrogen and oxygen atoms in total. The monoisotopic (exact) mass is 488 g/mol. The minimum Gasteiger partial charge on any atom is -0.224 e. The number of alkyl halides is 3. The van der Waals surface area contributed by atoms with E-state index < -0.39 is 35.8 Å². The van der Waals surface area contributed by atoms with Gasteiger partial charge in [0.25, 0.3) is 0 Å². The number of halogens is 3. The molecule has 164 valence electrons. The largest absolute Gasteiger partial charge is 0.524 e. The molecule has 1 atom stereocenters. The molecule has 1 aliphatic heterocycles. The molecule has 0 saturated carbocycles. The van der Waals surface area contributed by atoms with Crippen molar-refractivity contribution in [2.45, 2.75) is 25.1 Å². The van der Waals surface area contributed by atoms with Gasteiger partial charge in [0.15, 0.2) is 9.84 Å². The molecule has 11 heteroatoms. The lowest BCUT2D eigenvalue weighted by Gasteiger charge is -2.36. The second-order valence-electron chi connectivity index (χ2n) is 6.76. The number of sulfone groups is 1. The molecule has 0 N–H and O–H groups in total. The summed E-state index contributed by atoms with van der Waals surface area (Å²) in [5, 5.41) is 0. The van der Waals surface area contributed by atoms with E-state index in [1.165, 1.54) is 36.4 Å². The quantitative estimate of drug-likeness (QED) is 0.476. The van der Waals surface area contributed by atoms with Gasteiger partial charge in [0.2, 0.25) is 0 Å². The van der Waals surface area contributed by atoms with Crippen LogP contribution in [0.5, 0.6) is 0 Å². The van der Waals surface area contributed by atoms with Crippen molar-refractivity contribution in [1.29, 1.82) is 0 Å². The van der Waals surface area contributed by atoms with Crippen molar-refractivity contribution in [1.82, 2.24) is 0 Å². The molecule has 0 aliphatic carbocycles. The van der Waals surface area contributed by atoms with Crippen LogP contribution in [0.25, 0.3) is 11.1 Å². The molecular formula is C20H15F3O5S3. The predicted molar refractivity (Wildman–Crippen MR) is 110 cm³/mol. The van der Waals surface area contributed by atoms with E-state index in [4.69, 9.17) is 3.63 Å². The Bertz CT molecular complexity index is 1390. The highest BCUT2D eigenvalue weighted by molar-refractivity contribution is 8.33. The summed E-state index contributed by atoms with van der Waals surface area (Å²) in [6, 6.07) is 18.0. The lowest BCUT2D eigenvalue weighted by Crippen LogP contribution is -2.27. The third-order valence-corrected chi connectivity index (χ3v) is 10.8. The first kappa shape index (κ1) is 21.9. The Hall–Kier alpha value is -2.34. The van der Waals surface area contributed by atoms with Crippen LogP contribution in [0.15, 0.2) is 92.4 Å². The summed E-state index contributed by atoms with van der Waals surface area (Å²) in [6.45, 7) is 0. The number of fused-ring (bicyclic) bond motifs is 3. The van der Waals surface area contributed by atoms with Crippen LogP contribution in [0.4, 0.5) is 13.2 Å². The van der Waals surface area contributed by atoms with Crippen LogP contribution in [0.3, 0.4) is 0 Å². The number of hydrogen-bond donors (Lipinski definition) is 0. The molecular weight excluding hydrogens is 473 g/mol. The van der Waals surface area contributed by atoms with E-state index >= 15 is 0 Å². The van der Waals surface area contributed by atoms with Crippen LogP contribution < -0.4 is 0 Å². The van der Waals surface area contributed by atoms with Crippen LogP contribution in [-0.4, -0.2) is 28.6 Å². The van der Waals surface area contributed by atoms with Gasteiger partial charge in [-0.1, -0.05) is 36.4 Å². The van der Waals surface area contributed by atoms with Crippen LogP contribution >= 0.6 is 10.3 Å². The van der Waals surface area contributed by atoms with Gasteiger partial charge in [-0.2, -0.15) is 25.2 Å². The molecule has 0 spiro atoms. The third kappa shape index (κ3) is 3.45. The number of hydrogen-bond acceptors (Lipinski definition) is 5. The smallest absolute Gasteiger partial charge is 0.224 e. The average Bonchev–Trinajstić information content (AvgIpc) is 2.97. The maximum atomic E-state index is 13.4. The summed E-state index contributed by atoms with van der Waals surface area (Å²) in [5.74, 6) is 0.